The van der Waals surface area contributed by atoms with Gasteiger partial charge in [0, 0.05) is 23.9 Å². The van der Waals surface area contributed by atoms with Gasteiger partial charge in [-0.2, -0.15) is 0 Å². The molecule has 0 radical (unpaired) electrons. The summed E-state index contributed by atoms with van der Waals surface area (Å²) in [6, 6.07) is 8.61. The molecule has 1 N–H and O–H groups in total. The van der Waals surface area contributed by atoms with E-state index in [1.165, 1.54) is 57.7 Å². The fourth-order valence-electron chi connectivity index (χ4n) is 2.40. The lowest BCUT2D eigenvalue weighted by molar-refractivity contribution is -0.385. The van der Waals surface area contributed by atoms with E-state index in [0.29, 0.717) is 22.9 Å². The second kappa shape index (κ2) is 10.5. The Hall–Kier alpha value is -4.02. The molecule has 11 heteroatoms. The van der Waals surface area contributed by atoms with Gasteiger partial charge in [-0.25, -0.2) is 4.79 Å². The molecule has 0 saturated heterocycles. The number of esters is 1. The molecular formula is C19H20N2O9. The first-order valence-corrected chi connectivity index (χ1v) is 8.51. The molecule has 0 fully saturated rings. The van der Waals surface area contributed by atoms with Gasteiger partial charge in [0.25, 0.3) is 5.91 Å². The smallest absolute Gasteiger partial charge is 0.344 e. The van der Waals surface area contributed by atoms with Gasteiger partial charge in [0.1, 0.15) is 0 Å². The summed E-state index contributed by atoms with van der Waals surface area (Å²) in [6.45, 7) is -1.18. The van der Waals surface area contributed by atoms with E-state index in [9.17, 15) is 19.7 Å². The molecule has 0 aliphatic rings. The molecule has 30 heavy (non-hydrogen) atoms. The number of ether oxygens (including phenoxy) is 5. The number of nitrogens with zero attached hydrogens (tertiary/aromatic N) is 1. The summed E-state index contributed by atoms with van der Waals surface area (Å²) in [5.41, 5.74) is 0.0483. The Labute approximate surface area is 171 Å². The first-order chi connectivity index (χ1) is 14.4. The van der Waals surface area contributed by atoms with Crippen molar-refractivity contribution >= 4 is 23.3 Å². The Morgan fingerprint density at radius 3 is 2.17 bits per heavy atom. The summed E-state index contributed by atoms with van der Waals surface area (Å²) in [7, 11) is 4.31. The number of amides is 1. The summed E-state index contributed by atoms with van der Waals surface area (Å²) in [4.78, 5) is 34.1. The SMILES string of the molecule is COc1cc(NC(=O)COC(=O)COc2ccccc2[N+](=O)[O-])cc(OC)c1OC. The lowest BCUT2D eigenvalue weighted by Gasteiger charge is -2.14. The molecule has 0 unspecified atom stereocenters. The molecule has 0 aromatic heterocycles. The number of para-hydroxylation sites is 2. The van der Waals surface area contributed by atoms with Crippen LogP contribution in [0.4, 0.5) is 11.4 Å². The lowest BCUT2D eigenvalue weighted by atomic mass is 10.2. The van der Waals surface area contributed by atoms with Crippen LogP contribution in [0.1, 0.15) is 0 Å². The van der Waals surface area contributed by atoms with Gasteiger partial charge in [-0.15, -0.1) is 0 Å². The van der Waals surface area contributed by atoms with E-state index < -0.39 is 30.0 Å². The van der Waals surface area contributed by atoms with Gasteiger partial charge in [0.15, 0.2) is 30.5 Å². The molecule has 0 heterocycles. The maximum atomic E-state index is 12.1. The number of hydrogen-bond acceptors (Lipinski definition) is 9. The quantitative estimate of drug-likeness (QED) is 0.348. The first-order valence-electron chi connectivity index (χ1n) is 8.51. The van der Waals surface area contributed by atoms with Crippen molar-refractivity contribution in [2.45, 2.75) is 0 Å². The highest BCUT2D eigenvalue weighted by Crippen LogP contribution is 2.39. The Balaban J connectivity index is 1.90. The number of nitro benzene ring substituents is 1. The van der Waals surface area contributed by atoms with E-state index in [-0.39, 0.29) is 11.4 Å². The topological polar surface area (TPSA) is 135 Å². The number of methoxy groups -OCH3 is 3. The number of hydrogen-bond donors (Lipinski definition) is 1. The van der Waals surface area contributed by atoms with Gasteiger partial charge in [0.05, 0.1) is 26.3 Å². The standard InChI is InChI=1S/C19H20N2O9/c1-26-15-8-12(9-16(27-2)19(15)28-3)20-17(22)10-30-18(23)11-29-14-7-5-4-6-13(14)21(24)25/h4-9H,10-11H2,1-3H3,(H,20,22). The minimum atomic E-state index is -0.867. The van der Waals surface area contributed by atoms with Gasteiger partial charge >= 0.3 is 11.7 Å². The Bertz CT molecular complexity index is 905. The number of carbonyl (C=O) groups excluding carboxylic acids is 2. The van der Waals surface area contributed by atoms with E-state index in [1.807, 2.05) is 0 Å². The third-order valence-corrected chi connectivity index (χ3v) is 3.72. The molecular weight excluding hydrogens is 400 g/mol. The summed E-state index contributed by atoms with van der Waals surface area (Å²) < 4.78 is 25.5. The van der Waals surface area contributed by atoms with Crippen molar-refractivity contribution in [2.75, 3.05) is 39.9 Å². The summed E-state index contributed by atoms with van der Waals surface area (Å²) in [5.74, 6) is -0.543. The monoisotopic (exact) mass is 420 g/mol. The van der Waals surface area contributed by atoms with E-state index in [2.05, 4.69) is 5.32 Å². The van der Waals surface area contributed by atoms with Crippen LogP contribution in [0.2, 0.25) is 0 Å². The predicted molar refractivity (Wildman–Crippen MR) is 104 cm³/mol. The number of rotatable bonds is 10. The van der Waals surface area contributed by atoms with E-state index in [1.54, 1.807) is 0 Å². The molecule has 0 aliphatic heterocycles. The molecule has 2 aromatic rings. The number of benzene rings is 2. The lowest BCUT2D eigenvalue weighted by Crippen LogP contribution is -2.23. The fourth-order valence-corrected chi connectivity index (χ4v) is 2.40. The summed E-state index contributed by atoms with van der Waals surface area (Å²) in [5, 5.41) is 13.5. The van der Waals surface area contributed by atoms with Crippen molar-refractivity contribution in [3.63, 3.8) is 0 Å². The predicted octanol–water partition coefficient (Wildman–Crippen LogP) is 2.18. The third-order valence-electron chi connectivity index (χ3n) is 3.72. The zero-order valence-corrected chi connectivity index (χ0v) is 16.5. The molecule has 0 bridgehead atoms. The molecule has 0 saturated carbocycles. The van der Waals surface area contributed by atoms with Gasteiger partial charge in [-0.1, -0.05) is 12.1 Å². The fraction of sp³-hybridized carbons (Fsp3) is 0.263. The average Bonchev–Trinajstić information content (AvgIpc) is 2.75. The highest BCUT2D eigenvalue weighted by atomic mass is 16.6. The number of carbonyl (C=O) groups is 2. The molecule has 0 spiro atoms. The first kappa shape index (κ1) is 22.3. The molecule has 2 rings (SSSR count). The zero-order chi connectivity index (χ0) is 22.1. The minimum Gasteiger partial charge on any atom is -0.493 e. The van der Waals surface area contributed by atoms with Crippen LogP contribution < -0.4 is 24.3 Å². The highest BCUT2D eigenvalue weighted by Gasteiger charge is 2.17. The highest BCUT2D eigenvalue weighted by molar-refractivity contribution is 5.93. The number of nitrogens with one attached hydrogen (secondary N) is 1. The van der Waals surface area contributed by atoms with Gasteiger partial charge in [0.2, 0.25) is 5.75 Å². The largest absolute Gasteiger partial charge is 0.493 e. The van der Waals surface area contributed by atoms with Crippen LogP contribution in [-0.2, 0) is 14.3 Å². The van der Waals surface area contributed by atoms with E-state index in [4.69, 9.17) is 23.7 Å². The van der Waals surface area contributed by atoms with Gasteiger partial charge < -0.3 is 29.0 Å². The van der Waals surface area contributed by atoms with Crippen molar-refractivity contribution in [3.8, 4) is 23.0 Å². The Morgan fingerprint density at radius 2 is 1.60 bits per heavy atom. The molecule has 11 nitrogen and oxygen atoms in total. The molecule has 0 atom stereocenters. The van der Waals surface area contributed by atoms with Crippen molar-refractivity contribution in [2.24, 2.45) is 0 Å². The maximum Gasteiger partial charge on any atom is 0.344 e. The molecule has 0 aliphatic carbocycles. The van der Waals surface area contributed by atoms with Crippen LogP contribution in [0.25, 0.3) is 0 Å². The second-order valence-corrected chi connectivity index (χ2v) is 5.64. The molecule has 1 amide bonds. The van der Waals surface area contributed by atoms with Gasteiger partial charge in [-0.05, 0) is 6.07 Å². The Morgan fingerprint density at radius 1 is 0.967 bits per heavy atom. The van der Waals surface area contributed by atoms with Crippen molar-refractivity contribution in [1.29, 1.82) is 0 Å². The van der Waals surface area contributed by atoms with Crippen LogP contribution in [0.15, 0.2) is 36.4 Å². The molecule has 160 valence electrons. The van der Waals surface area contributed by atoms with Crippen molar-refractivity contribution in [3.05, 3.63) is 46.5 Å². The van der Waals surface area contributed by atoms with E-state index >= 15 is 0 Å². The van der Waals surface area contributed by atoms with Gasteiger partial charge in [-0.3, -0.25) is 14.9 Å². The zero-order valence-electron chi connectivity index (χ0n) is 16.5. The number of anilines is 1. The minimum absolute atomic E-state index is 0.0821. The Kier molecular flexibility index (Phi) is 7.80. The average molecular weight is 420 g/mol. The molecule has 2 aromatic carbocycles. The second-order valence-electron chi connectivity index (χ2n) is 5.64. The summed E-state index contributed by atoms with van der Waals surface area (Å²) in [6.07, 6.45) is 0. The van der Waals surface area contributed by atoms with Crippen molar-refractivity contribution < 1.29 is 38.2 Å². The summed E-state index contributed by atoms with van der Waals surface area (Å²) >= 11 is 0. The van der Waals surface area contributed by atoms with Crippen LogP contribution in [0, 0.1) is 10.1 Å². The van der Waals surface area contributed by atoms with Crippen LogP contribution in [0.5, 0.6) is 23.0 Å². The van der Waals surface area contributed by atoms with Crippen LogP contribution in [0.3, 0.4) is 0 Å². The van der Waals surface area contributed by atoms with E-state index in [0.717, 1.165) is 0 Å². The van der Waals surface area contributed by atoms with Crippen LogP contribution >= 0.6 is 0 Å². The third kappa shape index (κ3) is 5.74. The normalized spacial score (nSPS) is 9.97. The van der Waals surface area contributed by atoms with Crippen molar-refractivity contribution in [1.82, 2.24) is 0 Å². The van der Waals surface area contributed by atoms with Crippen LogP contribution in [-0.4, -0.2) is 51.3 Å². The maximum absolute atomic E-state index is 12.1. The number of nitro groups is 1.